The number of rotatable bonds is 7. The molecule has 0 bridgehead atoms. The van der Waals surface area contributed by atoms with Crippen molar-refractivity contribution >= 4 is 29.4 Å². The second-order valence-electron chi connectivity index (χ2n) is 9.03. The molecule has 0 saturated heterocycles. The van der Waals surface area contributed by atoms with E-state index in [0.717, 1.165) is 6.07 Å². The van der Waals surface area contributed by atoms with Crippen LogP contribution in [-0.4, -0.2) is 61.7 Å². The molecule has 1 heterocycles. The highest BCUT2D eigenvalue weighted by Crippen LogP contribution is 2.42. The van der Waals surface area contributed by atoms with Gasteiger partial charge in [-0.15, -0.1) is 0 Å². The normalized spacial score (nSPS) is 18.3. The highest BCUT2D eigenvalue weighted by Gasteiger charge is 2.48. The zero-order chi connectivity index (χ0) is 25.9. The summed E-state index contributed by atoms with van der Waals surface area (Å²) >= 11 is 5.85. The molecule has 2 aromatic carbocycles. The average molecular weight is 507 g/mol. The molecule has 35 heavy (non-hydrogen) atoms. The van der Waals surface area contributed by atoms with E-state index in [9.17, 15) is 18.8 Å². The van der Waals surface area contributed by atoms with Gasteiger partial charge >= 0.3 is 6.16 Å². The monoisotopic (exact) mass is 506 g/mol. The Morgan fingerprint density at radius 1 is 1.14 bits per heavy atom. The zero-order valence-corrected chi connectivity index (χ0v) is 20.9. The van der Waals surface area contributed by atoms with Gasteiger partial charge in [-0.25, -0.2) is 9.18 Å². The van der Waals surface area contributed by atoms with Crippen LogP contribution in [0.5, 0.6) is 5.75 Å². The number of fused-ring (bicyclic) bond motifs is 1. The van der Waals surface area contributed by atoms with Gasteiger partial charge in [0.2, 0.25) is 0 Å². The summed E-state index contributed by atoms with van der Waals surface area (Å²) in [5, 5.41) is 2.63. The summed E-state index contributed by atoms with van der Waals surface area (Å²) in [5.74, 6) is -1.01. The summed E-state index contributed by atoms with van der Waals surface area (Å²) in [6.45, 7) is 5.44. The molecule has 0 radical (unpaired) electrons. The number of carbonyl (C=O) groups excluding carboxylic acids is 3. The van der Waals surface area contributed by atoms with Gasteiger partial charge in [0.25, 0.3) is 5.91 Å². The van der Waals surface area contributed by atoms with E-state index in [2.05, 4.69) is 5.32 Å². The van der Waals surface area contributed by atoms with Crippen LogP contribution in [-0.2, 0) is 9.47 Å². The van der Waals surface area contributed by atoms with Crippen molar-refractivity contribution in [1.29, 1.82) is 0 Å². The highest BCUT2D eigenvalue weighted by molar-refractivity contribution is 6.31. The van der Waals surface area contributed by atoms with Crippen molar-refractivity contribution in [2.24, 2.45) is 0 Å². The Bertz CT molecular complexity index is 1140. The molecule has 1 amide bonds. The minimum absolute atomic E-state index is 0.107. The van der Waals surface area contributed by atoms with Gasteiger partial charge in [0, 0.05) is 23.2 Å². The predicted octanol–water partition coefficient (Wildman–Crippen LogP) is 4.41. The van der Waals surface area contributed by atoms with Crippen LogP contribution in [0.1, 0.15) is 53.1 Å². The average Bonchev–Trinajstić information content (AvgIpc) is 2.77. The van der Waals surface area contributed by atoms with Crippen LogP contribution in [0, 0.1) is 5.82 Å². The number of nitrogens with zero attached hydrogens (tertiary/aromatic N) is 1. The van der Waals surface area contributed by atoms with E-state index in [0.29, 0.717) is 23.4 Å². The molecule has 0 fully saturated rings. The minimum Gasteiger partial charge on any atom is -0.484 e. The molecule has 3 rings (SSSR count). The second kappa shape index (κ2) is 10.6. The first kappa shape index (κ1) is 26.4. The lowest BCUT2D eigenvalue weighted by Crippen LogP contribution is -2.55. The zero-order valence-electron chi connectivity index (χ0n) is 20.2. The van der Waals surface area contributed by atoms with E-state index in [1.54, 1.807) is 32.0 Å². The quantitative estimate of drug-likeness (QED) is 0.439. The van der Waals surface area contributed by atoms with Gasteiger partial charge in [0.1, 0.15) is 23.8 Å². The van der Waals surface area contributed by atoms with Crippen molar-refractivity contribution in [2.45, 2.75) is 38.5 Å². The molecule has 1 N–H and O–H groups in total. The maximum Gasteiger partial charge on any atom is 0.508 e. The van der Waals surface area contributed by atoms with Crippen LogP contribution in [0.4, 0.5) is 9.18 Å². The second-order valence-corrected chi connectivity index (χ2v) is 9.44. The maximum atomic E-state index is 13.6. The topological polar surface area (TPSA) is 94.2 Å². The van der Waals surface area contributed by atoms with Gasteiger partial charge in [-0.3, -0.25) is 9.59 Å². The molecule has 0 aromatic heterocycles. The largest absolute Gasteiger partial charge is 0.508 e. The number of hydrogen-bond acceptors (Lipinski definition) is 7. The van der Waals surface area contributed by atoms with Crippen molar-refractivity contribution in [3.05, 3.63) is 63.9 Å². The number of halogens is 2. The van der Waals surface area contributed by atoms with E-state index < -0.39 is 35.6 Å². The van der Waals surface area contributed by atoms with Crippen LogP contribution >= 0.6 is 11.6 Å². The van der Waals surface area contributed by atoms with Crippen molar-refractivity contribution in [2.75, 3.05) is 27.2 Å². The van der Waals surface area contributed by atoms with Gasteiger partial charge in [-0.05, 0) is 71.3 Å². The van der Waals surface area contributed by atoms with Crippen molar-refractivity contribution in [3.63, 3.8) is 0 Å². The third-order valence-electron chi connectivity index (χ3n) is 5.56. The summed E-state index contributed by atoms with van der Waals surface area (Å²) in [6, 6.07) is 7.51. The summed E-state index contributed by atoms with van der Waals surface area (Å²) in [6.07, 6.45) is -1.95. The fourth-order valence-corrected chi connectivity index (χ4v) is 3.86. The minimum atomic E-state index is -1.08. The number of benzene rings is 2. The summed E-state index contributed by atoms with van der Waals surface area (Å²) < 4.78 is 30.5. The van der Waals surface area contributed by atoms with E-state index in [1.807, 2.05) is 19.0 Å². The van der Waals surface area contributed by atoms with Gasteiger partial charge in [-0.2, -0.15) is 0 Å². The molecule has 2 aromatic rings. The fraction of sp³-hybridized carbons (Fsp3) is 0.400. The number of likely N-dealkylation sites (N-methyl/N-ethyl adjacent to an activating group) is 1. The number of nitrogens with one attached hydrogen (secondary N) is 1. The SMILES string of the molecule is CC(=O)c1ccc2c(c1)[C@@H](NC(=O)c1ccc(F)c(Cl)c1)[C@H](OC(=O)OCCN(C)C)C(C)(C)O2. The Balaban J connectivity index is 1.97. The first-order valence-corrected chi connectivity index (χ1v) is 11.3. The molecular formula is C25H28ClFN2O6. The van der Waals surface area contributed by atoms with Crippen molar-refractivity contribution in [1.82, 2.24) is 10.2 Å². The van der Waals surface area contributed by atoms with Crippen LogP contribution in [0.25, 0.3) is 0 Å². The van der Waals surface area contributed by atoms with E-state index in [4.69, 9.17) is 25.8 Å². The summed E-state index contributed by atoms with van der Waals surface area (Å²) in [5.41, 5.74) is -0.130. The van der Waals surface area contributed by atoms with Gasteiger partial charge in [0.15, 0.2) is 11.9 Å². The number of amides is 1. The fourth-order valence-electron chi connectivity index (χ4n) is 3.68. The Kier molecular flexibility index (Phi) is 8.02. The molecule has 0 saturated carbocycles. The molecule has 8 nitrogen and oxygen atoms in total. The Hall–Kier alpha value is -3.17. The molecular weight excluding hydrogens is 479 g/mol. The van der Waals surface area contributed by atoms with Crippen molar-refractivity contribution < 1.29 is 33.0 Å². The lowest BCUT2D eigenvalue weighted by molar-refractivity contribution is -0.0888. The standard InChI is InChI=1S/C25H28ClFN2O6/c1-14(30)15-7-9-20-17(12-15)21(28-23(31)16-6-8-19(27)18(26)13-16)22(25(2,3)35-20)34-24(32)33-11-10-29(4)5/h6-9,12-13,21-22H,10-11H2,1-5H3,(H,28,31)/t21-,22+/m1/s1. The number of ketones is 1. The lowest BCUT2D eigenvalue weighted by atomic mass is 9.85. The molecule has 188 valence electrons. The molecule has 1 aliphatic rings. The molecule has 0 spiro atoms. The maximum absolute atomic E-state index is 13.6. The Labute approximate surface area is 208 Å². The first-order chi connectivity index (χ1) is 16.4. The molecule has 0 aliphatic carbocycles. The van der Waals surface area contributed by atoms with Crippen molar-refractivity contribution in [3.8, 4) is 5.75 Å². The van der Waals surface area contributed by atoms with Gasteiger partial charge in [0.05, 0.1) is 11.1 Å². The van der Waals surface area contributed by atoms with E-state index in [-0.39, 0.29) is 23.0 Å². The Morgan fingerprint density at radius 2 is 1.83 bits per heavy atom. The van der Waals surface area contributed by atoms with E-state index in [1.165, 1.54) is 19.1 Å². The lowest BCUT2D eigenvalue weighted by Gasteiger charge is -2.44. The van der Waals surface area contributed by atoms with Crippen LogP contribution < -0.4 is 10.1 Å². The highest BCUT2D eigenvalue weighted by atomic mass is 35.5. The first-order valence-electron chi connectivity index (χ1n) is 11.0. The number of hydrogen-bond donors (Lipinski definition) is 1. The summed E-state index contributed by atoms with van der Waals surface area (Å²) in [4.78, 5) is 39.5. The third-order valence-corrected chi connectivity index (χ3v) is 5.85. The van der Waals surface area contributed by atoms with Crippen LogP contribution in [0.15, 0.2) is 36.4 Å². The van der Waals surface area contributed by atoms with Crippen LogP contribution in [0.2, 0.25) is 5.02 Å². The number of Topliss-reactive ketones (excluding diaryl/α,β-unsaturated/α-hetero) is 1. The number of carbonyl (C=O) groups is 3. The summed E-state index contributed by atoms with van der Waals surface area (Å²) in [7, 11) is 3.67. The predicted molar refractivity (Wildman–Crippen MR) is 128 cm³/mol. The molecule has 10 heteroatoms. The number of ether oxygens (including phenoxy) is 3. The van der Waals surface area contributed by atoms with Crippen LogP contribution in [0.3, 0.4) is 0 Å². The third kappa shape index (κ3) is 6.29. The molecule has 1 aliphatic heterocycles. The van der Waals surface area contributed by atoms with E-state index >= 15 is 0 Å². The molecule has 0 unspecified atom stereocenters. The smallest absolute Gasteiger partial charge is 0.484 e. The van der Waals surface area contributed by atoms with Gasteiger partial charge in [-0.1, -0.05) is 11.6 Å². The van der Waals surface area contributed by atoms with Gasteiger partial charge < -0.3 is 24.4 Å². The molecule has 2 atom stereocenters. The Morgan fingerprint density at radius 3 is 2.46 bits per heavy atom.